The molecule has 3 aromatic rings. The zero-order valence-electron chi connectivity index (χ0n) is 17.5. The highest BCUT2D eigenvalue weighted by atomic mass is 16.5. The van der Waals surface area contributed by atoms with Crippen LogP contribution in [0, 0.1) is 6.92 Å². The van der Waals surface area contributed by atoms with E-state index in [1.165, 1.54) is 7.11 Å². The molecule has 1 aliphatic heterocycles. The van der Waals surface area contributed by atoms with E-state index in [0.29, 0.717) is 34.0 Å². The van der Waals surface area contributed by atoms with Gasteiger partial charge in [-0.3, -0.25) is 9.59 Å². The molecule has 156 valence electrons. The number of para-hydroxylation sites is 2. The van der Waals surface area contributed by atoms with E-state index in [1.54, 1.807) is 43.5 Å². The topological polar surface area (TPSA) is 67.9 Å². The molecule has 1 heterocycles. The number of nitrogens with one attached hydrogen (secondary N) is 1. The average molecular weight is 414 g/mol. The van der Waals surface area contributed by atoms with Crippen molar-refractivity contribution >= 4 is 28.8 Å². The number of hydrogen-bond donors (Lipinski definition) is 1. The number of imide groups is 1. The van der Waals surface area contributed by atoms with Gasteiger partial charge >= 0.3 is 0 Å². The van der Waals surface area contributed by atoms with Crippen molar-refractivity contribution in [3.8, 4) is 11.5 Å². The third-order valence-corrected chi connectivity index (χ3v) is 5.09. The van der Waals surface area contributed by atoms with Crippen LogP contribution in [-0.4, -0.2) is 26.0 Å². The predicted molar refractivity (Wildman–Crippen MR) is 120 cm³/mol. The molecule has 0 aliphatic carbocycles. The molecule has 0 saturated carbocycles. The molecule has 4 rings (SSSR count). The number of amides is 2. The van der Waals surface area contributed by atoms with Gasteiger partial charge in [0.15, 0.2) is 0 Å². The Hall–Kier alpha value is -4.06. The summed E-state index contributed by atoms with van der Waals surface area (Å²) in [6.45, 7) is 1.94. The quantitative estimate of drug-likeness (QED) is 0.605. The second kappa shape index (κ2) is 8.36. The molecule has 0 radical (unpaired) electrons. The van der Waals surface area contributed by atoms with Crippen molar-refractivity contribution in [2.75, 3.05) is 24.4 Å². The highest BCUT2D eigenvalue weighted by Crippen LogP contribution is 2.38. The van der Waals surface area contributed by atoms with Gasteiger partial charge in [0.25, 0.3) is 11.8 Å². The summed E-state index contributed by atoms with van der Waals surface area (Å²) in [5, 5.41) is 3.17. The Morgan fingerprint density at radius 3 is 2.16 bits per heavy atom. The summed E-state index contributed by atoms with van der Waals surface area (Å²) in [5.41, 5.74) is 3.11. The summed E-state index contributed by atoms with van der Waals surface area (Å²) >= 11 is 0. The summed E-state index contributed by atoms with van der Waals surface area (Å²) in [6.07, 6.45) is 0. The molecular formula is C25H22N2O4. The van der Waals surface area contributed by atoms with E-state index in [1.807, 2.05) is 43.3 Å². The summed E-state index contributed by atoms with van der Waals surface area (Å²) in [7, 11) is 3.07. The van der Waals surface area contributed by atoms with E-state index in [-0.39, 0.29) is 5.70 Å². The minimum atomic E-state index is -0.461. The van der Waals surface area contributed by atoms with Gasteiger partial charge in [0, 0.05) is 0 Å². The van der Waals surface area contributed by atoms with E-state index in [0.717, 1.165) is 10.5 Å². The first-order chi connectivity index (χ1) is 15.0. The Balaban J connectivity index is 1.87. The fraction of sp³-hybridized carbons (Fsp3) is 0.120. The van der Waals surface area contributed by atoms with Crippen LogP contribution in [-0.2, 0) is 9.59 Å². The molecule has 6 nitrogen and oxygen atoms in total. The smallest absolute Gasteiger partial charge is 0.282 e. The first-order valence-electron chi connectivity index (χ1n) is 9.78. The number of carbonyl (C=O) groups is 2. The van der Waals surface area contributed by atoms with Crippen LogP contribution in [0.4, 0.5) is 11.4 Å². The molecule has 1 aliphatic rings. The van der Waals surface area contributed by atoms with Crippen LogP contribution in [0.3, 0.4) is 0 Å². The first-order valence-corrected chi connectivity index (χ1v) is 9.78. The molecule has 0 bridgehead atoms. The molecule has 31 heavy (non-hydrogen) atoms. The highest BCUT2D eigenvalue weighted by Gasteiger charge is 2.41. The van der Waals surface area contributed by atoms with Gasteiger partial charge in [-0.2, -0.15) is 0 Å². The van der Waals surface area contributed by atoms with E-state index >= 15 is 0 Å². The Morgan fingerprint density at radius 1 is 0.774 bits per heavy atom. The van der Waals surface area contributed by atoms with Crippen molar-refractivity contribution in [1.82, 2.24) is 0 Å². The lowest BCUT2D eigenvalue weighted by atomic mass is 10.0. The SMILES string of the molecule is COc1ccc(C)cc1NC1=C(c2ccccc2)C(=O)N(c2ccccc2OC)C1=O. The van der Waals surface area contributed by atoms with Gasteiger partial charge in [-0.15, -0.1) is 0 Å². The number of ether oxygens (including phenoxy) is 2. The van der Waals surface area contributed by atoms with Crippen molar-refractivity contribution in [2.24, 2.45) is 0 Å². The second-order valence-electron chi connectivity index (χ2n) is 7.06. The molecule has 0 fully saturated rings. The van der Waals surface area contributed by atoms with E-state index in [4.69, 9.17) is 9.47 Å². The van der Waals surface area contributed by atoms with Gasteiger partial charge in [-0.25, -0.2) is 4.90 Å². The molecule has 1 N–H and O–H groups in total. The standard InChI is InChI=1S/C25H22N2O4/c1-16-13-14-20(30-2)18(15-16)26-23-22(17-9-5-4-6-10-17)24(28)27(25(23)29)19-11-7-8-12-21(19)31-3/h4-15,26H,1-3H3. The Labute approximate surface area is 180 Å². The molecule has 2 amide bonds. The molecule has 6 heteroatoms. The molecular weight excluding hydrogens is 392 g/mol. The van der Waals surface area contributed by atoms with Gasteiger partial charge in [0.1, 0.15) is 17.2 Å². The zero-order chi connectivity index (χ0) is 22.0. The lowest BCUT2D eigenvalue weighted by Crippen LogP contribution is -2.32. The van der Waals surface area contributed by atoms with Gasteiger partial charge in [-0.05, 0) is 42.3 Å². The lowest BCUT2D eigenvalue weighted by molar-refractivity contribution is -0.120. The lowest BCUT2D eigenvalue weighted by Gasteiger charge is -2.18. The van der Waals surface area contributed by atoms with E-state index in [9.17, 15) is 9.59 Å². The third kappa shape index (κ3) is 3.64. The van der Waals surface area contributed by atoms with Crippen molar-refractivity contribution < 1.29 is 19.1 Å². The van der Waals surface area contributed by atoms with E-state index in [2.05, 4.69) is 5.32 Å². The monoisotopic (exact) mass is 414 g/mol. The van der Waals surface area contributed by atoms with Crippen LogP contribution < -0.4 is 19.7 Å². The number of benzene rings is 3. The summed E-state index contributed by atoms with van der Waals surface area (Å²) < 4.78 is 10.8. The van der Waals surface area contributed by atoms with Crippen LogP contribution in [0.25, 0.3) is 5.57 Å². The molecule has 3 aromatic carbocycles. The number of anilines is 2. The summed E-state index contributed by atoms with van der Waals surface area (Å²) in [6, 6.07) is 21.7. The first kappa shape index (κ1) is 20.2. The van der Waals surface area contributed by atoms with Crippen molar-refractivity contribution in [3.05, 3.63) is 89.6 Å². The minimum Gasteiger partial charge on any atom is -0.495 e. The highest BCUT2D eigenvalue weighted by molar-refractivity contribution is 6.46. The Morgan fingerprint density at radius 2 is 1.45 bits per heavy atom. The number of nitrogens with zero attached hydrogens (tertiary/aromatic N) is 1. The van der Waals surface area contributed by atoms with Crippen LogP contribution in [0.1, 0.15) is 11.1 Å². The van der Waals surface area contributed by atoms with Crippen molar-refractivity contribution in [1.29, 1.82) is 0 Å². The number of carbonyl (C=O) groups excluding carboxylic acids is 2. The van der Waals surface area contributed by atoms with E-state index < -0.39 is 11.8 Å². The van der Waals surface area contributed by atoms with Gasteiger partial charge in [-0.1, -0.05) is 48.5 Å². The van der Waals surface area contributed by atoms with Crippen LogP contribution in [0.2, 0.25) is 0 Å². The largest absolute Gasteiger partial charge is 0.495 e. The predicted octanol–water partition coefficient (Wildman–Crippen LogP) is 4.41. The fourth-order valence-electron chi connectivity index (χ4n) is 3.61. The van der Waals surface area contributed by atoms with Crippen LogP contribution in [0.5, 0.6) is 11.5 Å². The van der Waals surface area contributed by atoms with Crippen molar-refractivity contribution in [2.45, 2.75) is 6.92 Å². The fourth-order valence-corrected chi connectivity index (χ4v) is 3.61. The Bertz CT molecular complexity index is 1190. The molecule has 0 saturated heterocycles. The maximum Gasteiger partial charge on any atom is 0.282 e. The number of methoxy groups -OCH3 is 2. The minimum absolute atomic E-state index is 0.186. The molecule has 0 spiro atoms. The Kier molecular flexibility index (Phi) is 5.45. The maximum absolute atomic E-state index is 13.5. The number of hydrogen-bond acceptors (Lipinski definition) is 5. The molecule has 0 aromatic heterocycles. The summed E-state index contributed by atoms with van der Waals surface area (Å²) in [5.74, 6) is 0.124. The maximum atomic E-state index is 13.5. The number of rotatable bonds is 6. The zero-order valence-corrected chi connectivity index (χ0v) is 17.5. The second-order valence-corrected chi connectivity index (χ2v) is 7.06. The average Bonchev–Trinajstić information content (AvgIpc) is 3.03. The van der Waals surface area contributed by atoms with Crippen LogP contribution >= 0.6 is 0 Å². The third-order valence-electron chi connectivity index (χ3n) is 5.09. The molecule has 0 unspecified atom stereocenters. The van der Waals surface area contributed by atoms with Gasteiger partial charge < -0.3 is 14.8 Å². The van der Waals surface area contributed by atoms with Gasteiger partial charge in [0.05, 0.1) is 31.2 Å². The van der Waals surface area contributed by atoms with Crippen molar-refractivity contribution in [3.63, 3.8) is 0 Å². The molecule has 0 atom stereocenters. The van der Waals surface area contributed by atoms with Crippen LogP contribution in [0.15, 0.2) is 78.5 Å². The van der Waals surface area contributed by atoms with Gasteiger partial charge in [0.2, 0.25) is 0 Å². The number of aryl methyl sites for hydroxylation is 1. The summed E-state index contributed by atoms with van der Waals surface area (Å²) in [4.78, 5) is 28.2. The normalized spacial score (nSPS) is 13.6.